The number of aromatic amines is 1. The normalized spacial score (nSPS) is 11.8. The molecule has 0 fully saturated rings. The maximum atomic E-state index is 12.0. The molecule has 1 aromatic heterocycles. The Kier molecular flexibility index (Phi) is 3.91. The Labute approximate surface area is 118 Å². The van der Waals surface area contributed by atoms with Crippen LogP contribution in [0.5, 0.6) is 5.75 Å². The molecule has 0 radical (unpaired) electrons. The van der Waals surface area contributed by atoms with Crippen LogP contribution in [0.3, 0.4) is 0 Å². The largest absolute Gasteiger partial charge is 0.510 e. The van der Waals surface area contributed by atoms with Gasteiger partial charge in [-0.05, 0) is 12.1 Å². The molecule has 0 saturated heterocycles. The molecule has 2 N–H and O–H groups in total. The zero-order valence-corrected chi connectivity index (χ0v) is 11.2. The van der Waals surface area contributed by atoms with Gasteiger partial charge in [-0.3, -0.25) is 4.79 Å². The summed E-state index contributed by atoms with van der Waals surface area (Å²) in [6.45, 7) is 0. The second-order valence-electron chi connectivity index (χ2n) is 3.84. The van der Waals surface area contributed by atoms with Crippen LogP contribution in [0, 0.1) is 11.3 Å². The van der Waals surface area contributed by atoms with E-state index in [1.807, 2.05) is 0 Å². The highest BCUT2D eigenvalue weighted by atomic mass is 35.5. The number of aliphatic hydroxyl groups excluding tert-OH is 1. The van der Waals surface area contributed by atoms with Gasteiger partial charge in [0.1, 0.15) is 28.7 Å². The number of benzene rings is 1. The highest BCUT2D eigenvalue weighted by Crippen LogP contribution is 2.22. The zero-order valence-electron chi connectivity index (χ0n) is 10.5. The number of fused-ring (bicyclic) bond motifs is 1. The SMILES string of the molecule is COc1cccc2c(=O)[nH]c(C(C#N)=C(O)CCl)nc12. The number of methoxy groups -OCH3 is 1. The number of aromatic nitrogens is 2. The average molecular weight is 292 g/mol. The van der Waals surface area contributed by atoms with Crippen LogP contribution in [-0.4, -0.2) is 28.1 Å². The smallest absolute Gasteiger partial charge is 0.259 e. The van der Waals surface area contributed by atoms with Gasteiger partial charge >= 0.3 is 0 Å². The van der Waals surface area contributed by atoms with Gasteiger partial charge in [-0.15, -0.1) is 11.6 Å². The molecular weight excluding hydrogens is 282 g/mol. The first kappa shape index (κ1) is 13.9. The van der Waals surface area contributed by atoms with Gasteiger partial charge in [-0.2, -0.15) is 5.26 Å². The molecular formula is C13H10ClN3O3. The van der Waals surface area contributed by atoms with Gasteiger partial charge in [0.05, 0.1) is 18.4 Å². The summed E-state index contributed by atoms with van der Waals surface area (Å²) in [6, 6.07) is 6.67. The Hall–Kier alpha value is -2.52. The number of alkyl halides is 1. The highest BCUT2D eigenvalue weighted by Gasteiger charge is 2.14. The van der Waals surface area contributed by atoms with Gasteiger partial charge in [-0.1, -0.05) is 6.07 Å². The maximum Gasteiger partial charge on any atom is 0.259 e. The quantitative estimate of drug-likeness (QED) is 0.511. The maximum absolute atomic E-state index is 12.0. The average Bonchev–Trinajstić information content (AvgIpc) is 2.47. The van der Waals surface area contributed by atoms with Crippen LogP contribution in [0.15, 0.2) is 28.8 Å². The lowest BCUT2D eigenvalue weighted by atomic mass is 10.2. The van der Waals surface area contributed by atoms with Crippen LogP contribution in [0.25, 0.3) is 16.5 Å². The number of nitriles is 1. The Morgan fingerprint density at radius 2 is 2.35 bits per heavy atom. The molecule has 2 rings (SSSR count). The molecule has 1 heterocycles. The fourth-order valence-electron chi connectivity index (χ4n) is 1.74. The highest BCUT2D eigenvalue weighted by molar-refractivity contribution is 6.19. The first-order valence-electron chi connectivity index (χ1n) is 5.58. The van der Waals surface area contributed by atoms with Crippen molar-refractivity contribution < 1.29 is 9.84 Å². The minimum atomic E-state index is -0.431. The number of hydrogen-bond donors (Lipinski definition) is 2. The third-order valence-corrected chi connectivity index (χ3v) is 2.94. The number of nitrogens with zero attached hydrogens (tertiary/aromatic N) is 2. The fourth-order valence-corrected chi connectivity index (χ4v) is 1.87. The van der Waals surface area contributed by atoms with Crippen LogP contribution in [0.1, 0.15) is 5.82 Å². The summed E-state index contributed by atoms with van der Waals surface area (Å²) in [5.41, 5.74) is -0.298. The van der Waals surface area contributed by atoms with E-state index in [1.165, 1.54) is 7.11 Å². The van der Waals surface area contributed by atoms with Crippen molar-refractivity contribution in [1.29, 1.82) is 5.26 Å². The van der Waals surface area contributed by atoms with Gasteiger partial charge in [0.25, 0.3) is 5.56 Å². The van der Waals surface area contributed by atoms with E-state index >= 15 is 0 Å². The van der Waals surface area contributed by atoms with Crippen molar-refractivity contribution in [3.05, 3.63) is 40.1 Å². The third kappa shape index (κ3) is 2.31. The molecule has 0 aliphatic rings. The fraction of sp³-hybridized carbons (Fsp3) is 0.154. The second-order valence-corrected chi connectivity index (χ2v) is 4.11. The number of hydrogen-bond acceptors (Lipinski definition) is 5. The van der Waals surface area contributed by atoms with E-state index in [9.17, 15) is 9.90 Å². The molecule has 0 amide bonds. The number of H-pyrrole nitrogens is 1. The summed E-state index contributed by atoms with van der Waals surface area (Å²) in [5.74, 6) is -0.256. The lowest BCUT2D eigenvalue weighted by molar-refractivity contribution is 0.418. The summed E-state index contributed by atoms with van der Waals surface area (Å²) in [4.78, 5) is 18.6. The van der Waals surface area contributed by atoms with Gasteiger partial charge in [0.15, 0.2) is 5.82 Å². The molecule has 6 nitrogen and oxygen atoms in total. The van der Waals surface area contributed by atoms with Crippen molar-refractivity contribution in [2.75, 3.05) is 13.0 Å². The van der Waals surface area contributed by atoms with E-state index in [4.69, 9.17) is 21.6 Å². The van der Waals surface area contributed by atoms with Gasteiger partial charge < -0.3 is 14.8 Å². The van der Waals surface area contributed by atoms with Crippen molar-refractivity contribution in [2.24, 2.45) is 0 Å². The molecule has 0 saturated carbocycles. The number of halogens is 1. The lowest BCUT2D eigenvalue weighted by Gasteiger charge is -2.06. The summed E-state index contributed by atoms with van der Waals surface area (Å²) in [7, 11) is 1.45. The van der Waals surface area contributed by atoms with E-state index in [0.29, 0.717) is 16.7 Å². The van der Waals surface area contributed by atoms with E-state index in [1.54, 1.807) is 24.3 Å². The molecule has 20 heavy (non-hydrogen) atoms. The van der Waals surface area contributed by atoms with E-state index in [0.717, 1.165) is 0 Å². The summed E-state index contributed by atoms with van der Waals surface area (Å²) < 4.78 is 5.13. The Morgan fingerprint density at radius 1 is 1.60 bits per heavy atom. The van der Waals surface area contributed by atoms with Crippen molar-refractivity contribution in [1.82, 2.24) is 9.97 Å². The molecule has 0 atom stereocenters. The molecule has 0 bridgehead atoms. The van der Waals surface area contributed by atoms with Crippen LogP contribution >= 0.6 is 11.6 Å². The summed E-state index contributed by atoms with van der Waals surface area (Å²) in [6.07, 6.45) is 0. The molecule has 0 aliphatic heterocycles. The molecule has 7 heteroatoms. The first-order valence-corrected chi connectivity index (χ1v) is 6.11. The molecule has 0 aliphatic carbocycles. The Morgan fingerprint density at radius 3 is 2.95 bits per heavy atom. The van der Waals surface area contributed by atoms with Crippen molar-refractivity contribution in [2.45, 2.75) is 0 Å². The zero-order chi connectivity index (χ0) is 14.7. The minimum Gasteiger partial charge on any atom is -0.510 e. The minimum absolute atomic E-state index is 0.0485. The Bertz CT molecular complexity index is 790. The second kappa shape index (κ2) is 5.63. The molecule has 0 spiro atoms. The molecule has 0 unspecified atom stereocenters. The first-order chi connectivity index (χ1) is 9.62. The summed E-state index contributed by atoms with van der Waals surface area (Å²) >= 11 is 5.49. The van der Waals surface area contributed by atoms with Gasteiger partial charge in [-0.25, -0.2) is 4.98 Å². The topological polar surface area (TPSA) is 99.0 Å². The number of aliphatic hydroxyl groups is 1. The molecule has 2 aromatic rings. The summed E-state index contributed by atoms with van der Waals surface area (Å²) in [5, 5.41) is 19.0. The molecule has 1 aromatic carbocycles. The third-order valence-electron chi connectivity index (χ3n) is 2.68. The van der Waals surface area contributed by atoms with Crippen molar-refractivity contribution in [3.63, 3.8) is 0 Å². The number of ether oxygens (including phenoxy) is 1. The van der Waals surface area contributed by atoms with E-state index in [-0.39, 0.29) is 23.0 Å². The number of rotatable bonds is 3. The van der Waals surface area contributed by atoms with Crippen LogP contribution < -0.4 is 10.3 Å². The van der Waals surface area contributed by atoms with E-state index < -0.39 is 5.56 Å². The van der Waals surface area contributed by atoms with Crippen LogP contribution in [0.2, 0.25) is 0 Å². The predicted octanol–water partition coefficient (Wildman–Crippen LogP) is 1.96. The standard InChI is InChI=1S/C13H10ClN3O3/c1-20-10-4-2-3-7-11(10)16-12(17-13(7)19)8(6-15)9(18)5-14/h2-4,18H,5H2,1H3,(H,16,17,19). The van der Waals surface area contributed by atoms with Crippen LogP contribution in [-0.2, 0) is 0 Å². The number of allylic oxidation sites excluding steroid dienone is 2. The lowest BCUT2D eigenvalue weighted by Crippen LogP contribution is -2.12. The van der Waals surface area contributed by atoms with Crippen molar-refractivity contribution in [3.8, 4) is 11.8 Å². The van der Waals surface area contributed by atoms with E-state index in [2.05, 4.69) is 9.97 Å². The van der Waals surface area contributed by atoms with Crippen molar-refractivity contribution >= 4 is 28.1 Å². The Balaban J connectivity index is 2.82. The van der Waals surface area contributed by atoms with Gasteiger partial charge in [0.2, 0.25) is 0 Å². The van der Waals surface area contributed by atoms with Crippen LogP contribution in [0.4, 0.5) is 0 Å². The monoisotopic (exact) mass is 291 g/mol. The molecule has 102 valence electrons. The van der Waals surface area contributed by atoms with Gasteiger partial charge in [0, 0.05) is 0 Å². The number of para-hydroxylation sites is 1. The number of nitrogens with one attached hydrogen (secondary N) is 1. The predicted molar refractivity (Wildman–Crippen MR) is 74.8 cm³/mol.